The zero-order valence-corrected chi connectivity index (χ0v) is 16.6. The zero-order valence-electron chi connectivity index (χ0n) is 15.0. The highest BCUT2D eigenvalue weighted by Crippen LogP contribution is 2.41. The van der Waals surface area contributed by atoms with E-state index in [1.165, 1.54) is 25.3 Å². The number of likely N-dealkylation sites (tertiary alicyclic amines) is 1. The Bertz CT molecular complexity index is 1120. The van der Waals surface area contributed by atoms with Crippen molar-refractivity contribution in [3.8, 4) is 5.75 Å². The van der Waals surface area contributed by atoms with Crippen LogP contribution in [-0.4, -0.2) is 44.8 Å². The molecule has 5 rings (SSSR count). The Balaban J connectivity index is 1.72. The minimum Gasteiger partial charge on any atom is -0.485 e. The Kier molecular flexibility index (Phi) is 4.01. The summed E-state index contributed by atoms with van der Waals surface area (Å²) in [6, 6.07) is 1.39. The van der Waals surface area contributed by atoms with Gasteiger partial charge in [0.1, 0.15) is 17.7 Å². The summed E-state index contributed by atoms with van der Waals surface area (Å²) in [4.78, 5) is 19.6. The van der Waals surface area contributed by atoms with Gasteiger partial charge in [-0.25, -0.2) is 9.18 Å². The zero-order chi connectivity index (χ0) is 18.7. The molecule has 0 spiro atoms. The van der Waals surface area contributed by atoms with Crippen molar-refractivity contribution in [1.82, 2.24) is 19.0 Å². The van der Waals surface area contributed by atoms with E-state index in [0.29, 0.717) is 29.7 Å². The SMILES string of the molecule is Cn1c(=O)n2c3c4c(c(Br)c(F)cc4ncc31)O[C@@H](CN1CCCCC1)C2. The van der Waals surface area contributed by atoms with Crippen LogP contribution in [0.2, 0.25) is 0 Å². The van der Waals surface area contributed by atoms with Crippen LogP contribution in [-0.2, 0) is 13.6 Å². The molecule has 0 unspecified atom stereocenters. The van der Waals surface area contributed by atoms with Crippen LogP contribution in [0.1, 0.15) is 19.3 Å². The lowest BCUT2D eigenvalue weighted by molar-refractivity contribution is 0.108. The summed E-state index contributed by atoms with van der Waals surface area (Å²) in [6.07, 6.45) is 5.02. The number of imidazole rings is 1. The van der Waals surface area contributed by atoms with Crippen molar-refractivity contribution in [3.63, 3.8) is 0 Å². The fourth-order valence-corrected chi connectivity index (χ4v) is 4.76. The number of pyridine rings is 1. The lowest BCUT2D eigenvalue weighted by atomic mass is 10.1. The molecule has 27 heavy (non-hydrogen) atoms. The van der Waals surface area contributed by atoms with Crippen molar-refractivity contribution in [2.24, 2.45) is 7.05 Å². The quantitative estimate of drug-likeness (QED) is 0.621. The monoisotopic (exact) mass is 434 g/mol. The minimum atomic E-state index is -0.409. The number of rotatable bonds is 2. The number of halogens is 2. The first kappa shape index (κ1) is 17.2. The molecule has 1 fully saturated rings. The lowest BCUT2D eigenvalue weighted by Gasteiger charge is -2.30. The number of benzene rings is 1. The van der Waals surface area contributed by atoms with Gasteiger partial charge in [-0.05, 0) is 41.9 Å². The van der Waals surface area contributed by atoms with Crippen LogP contribution in [0.3, 0.4) is 0 Å². The van der Waals surface area contributed by atoms with E-state index >= 15 is 0 Å². The van der Waals surface area contributed by atoms with Crippen LogP contribution in [0.25, 0.3) is 21.9 Å². The van der Waals surface area contributed by atoms with Gasteiger partial charge in [0.05, 0.1) is 39.2 Å². The van der Waals surface area contributed by atoms with Gasteiger partial charge in [0.2, 0.25) is 0 Å². The van der Waals surface area contributed by atoms with Gasteiger partial charge < -0.3 is 4.74 Å². The first-order chi connectivity index (χ1) is 13.0. The van der Waals surface area contributed by atoms with Gasteiger partial charge in [-0.2, -0.15) is 0 Å². The number of aryl methyl sites for hydroxylation is 1. The molecule has 0 aliphatic carbocycles. The summed E-state index contributed by atoms with van der Waals surface area (Å²) in [5, 5.41) is 0.694. The normalized spacial score (nSPS) is 20.3. The fourth-order valence-electron chi connectivity index (χ4n) is 4.35. The average molecular weight is 435 g/mol. The molecule has 0 bridgehead atoms. The molecule has 6 nitrogen and oxygen atoms in total. The second-order valence-electron chi connectivity index (χ2n) is 7.44. The summed E-state index contributed by atoms with van der Waals surface area (Å²) in [5.41, 5.74) is 1.90. The molecule has 8 heteroatoms. The van der Waals surface area contributed by atoms with E-state index in [9.17, 15) is 9.18 Å². The standard InChI is InChI=1S/C19H20BrFN4O2/c1-23-14-8-22-13-7-12(21)16(20)18-15(13)17(14)25(19(23)26)10-11(27-18)9-24-5-3-2-4-6-24/h7-8,11H,2-6,9-10H2,1H3/t11-/m0/s1. The molecule has 3 aromatic rings. The molecule has 1 atom stereocenters. The van der Waals surface area contributed by atoms with Crippen LogP contribution in [0.15, 0.2) is 21.5 Å². The summed E-state index contributed by atoms with van der Waals surface area (Å²) >= 11 is 3.35. The number of hydrogen-bond acceptors (Lipinski definition) is 4. The van der Waals surface area contributed by atoms with Crippen molar-refractivity contribution < 1.29 is 9.13 Å². The Morgan fingerprint density at radius 1 is 1.33 bits per heavy atom. The van der Waals surface area contributed by atoms with Crippen LogP contribution >= 0.6 is 15.9 Å². The molecule has 2 aromatic heterocycles. The van der Waals surface area contributed by atoms with Crippen molar-refractivity contribution in [1.29, 1.82) is 0 Å². The second kappa shape index (κ2) is 6.31. The summed E-state index contributed by atoms with van der Waals surface area (Å²) in [5.74, 6) is 0.0368. The Morgan fingerprint density at radius 2 is 2.11 bits per heavy atom. The minimum absolute atomic E-state index is 0.0974. The first-order valence-electron chi connectivity index (χ1n) is 9.29. The highest BCUT2D eigenvalue weighted by Gasteiger charge is 2.29. The van der Waals surface area contributed by atoms with Crippen molar-refractivity contribution in [2.75, 3.05) is 19.6 Å². The Labute approximate surface area is 163 Å². The third-order valence-electron chi connectivity index (χ3n) is 5.69. The molecule has 0 amide bonds. The van der Waals surface area contributed by atoms with E-state index in [0.717, 1.165) is 24.1 Å². The van der Waals surface area contributed by atoms with Gasteiger partial charge in [0.25, 0.3) is 0 Å². The highest BCUT2D eigenvalue weighted by molar-refractivity contribution is 9.10. The smallest absolute Gasteiger partial charge is 0.329 e. The predicted molar refractivity (Wildman–Crippen MR) is 105 cm³/mol. The topological polar surface area (TPSA) is 52.3 Å². The molecule has 0 saturated carbocycles. The van der Waals surface area contributed by atoms with Gasteiger partial charge in [0, 0.05) is 19.7 Å². The molecule has 2 aliphatic heterocycles. The number of aromatic nitrogens is 3. The highest BCUT2D eigenvalue weighted by atomic mass is 79.9. The van der Waals surface area contributed by atoms with E-state index in [2.05, 4.69) is 25.8 Å². The number of piperidine rings is 1. The third-order valence-corrected chi connectivity index (χ3v) is 6.43. The first-order valence-corrected chi connectivity index (χ1v) is 10.1. The van der Waals surface area contributed by atoms with E-state index in [1.54, 1.807) is 22.4 Å². The number of ether oxygens (including phenoxy) is 1. The molecule has 4 heterocycles. The van der Waals surface area contributed by atoms with Gasteiger partial charge in [-0.15, -0.1) is 0 Å². The molecular formula is C19H20BrFN4O2. The fraction of sp³-hybridized carbons (Fsp3) is 0.474. The maximum atomic E-state index is 14.5. The van der Waals surface area contributed by atoms with Gasteiger partial charge in [0.15, 0.2) is 0 Å². The Morgan fingerprint density at radius 3 is 2.89 bits per heavy atom. The maximum Gasteiger partial charge on any atom is 0.329 e. The lowest BCUT2D eigenvalue weighted by Crippen LogP contribution is -2.41. The van der Waals surface area contributed by atoms with E-state index < -0.39 is 5.82 Å². The third kappa shape index (κ3) is 2.61. The van der Waals surface area contributed by atoms with Crippen LogP contribution < -0.4 is 10.4 Å². The average Bonchev–Trinajstić information content (AvgIpc) is 2.81. The Hall–Kier alpha value is -1.93. The molecule has 1 aromatic carbocycles. The van der Waals surface area contributed by atoms with Crippen molar-refractivity contribution >= 4 is 37.9 Å². The molecule has 0 radical (unpaired) electrons. The van der Waals surface area contributed by atoms with E-state index in [1.807, 2.05) is 0 Å². The molecule has 2 aliphatic rings. The second-order valence-corrected chi connectivity index (χ2v) is 8.23. The van der Waals surface area contributed by atoms with Gasteiger partial charge >= 0.3 is 5.69 Å². The predicted octanol–water partition coefficient (Wildman–Crippen LogP) is 3.04. The van der Waals surface area contributed by atoms with Gasteiger partial charge in [-0.3, -0.25) is 19.0 Å². The van der Waals surface area contributed by atoms with E-state index in [4.69, 9.17) is 4.74 Å². The van der Waals surface area contributed by atoms with Crippen LogP contribution in [0.5, 0.6) is 5.75 Å². The summed E-state index contributed by atoms with van der Waals surface area (Å²) < 4.78 is 24.4. The van der Waals surface area contributed by atoms with Gasteiger partial charge in [-0.1, -0.05) is 6.42 Å². The molecule has 142 valence electrons. The molecule has 1 saturated heterocycles. The van der Waals surface area contributed by atoms with Crippen LogP contribution in [0.4, 0.5) is 4.39 Å². The van der Waals surface area contributed by atoms with E-state index in [-0.39, 0.29) is 16.3 Å². The largest absolute Gasteiger partial charge is 0.485 e. The number of hydrogen-bond donors (Lipinski definition) is 0. The van der Waals surface area contributed by atoms with Crippen LogP contribution in [0, 0.1) is 5.82 Å². The number of nitrogens with zero attached hydrogens (tertiary/aromatic N) is 4. The maximum absolute atomic E-state index is 14.5. The molecular weight excluding hydrogens is 415 g/mol. The van der Waals surface area contributed by atoms with Crippen molar-refractivity contribution in [2.45, 2.75) is 31.9 Å². The van der Waals surface area contributed by atoms with Crippen molar-refractivity contribution in [3.05, 3.63) is 33.0 Å². The summed E-state index contributed by atoms with van der Waals surface area (Å²) in [7, 11) is 1.75. The molecule has 0 N–H and O–H groups in total. The summed E-state index contributed by atoms with van der Waals surface area (Å²) in [6.45, 7) is 3.23.